The third-order valence-corrected chi connectivity index (χ3v) is 3.28. The summed E-state index contributed by atoms with van der Waals surface area (Å²) < 4.78 is 38.6. The Morgan fingerprint density at radius 2 is 1.92 bits per heavy atom. The average Bonchev–Trinajstić information content (AvgIpc) is 2.52. The highest BCUT2D eigenvalue weighted by molar-refractivity contribution is 5.95. The van der Waals surface area contributed by atoms with Crippen LogP contribution in [0.3, 0.4) is 0 Å². The number of hydrogen-bond acceptors (Lipinski definition) is 3. The van der Waals surface area contributed by atoms with Crippen LogP contribution in [0.2, 0.25) is 0 Å². The lowest BCUT2D eigenvalue weighted by Gasteiger charge is -2.13. The minimum absolute atomic E-state index is 0.00746. The highest BCUT2D eigenvalue weighted by Gasteiger charge is 2.32. The molecule has 0 saturated carbocycles. The molecule has 7 heteroatoms. The van der Waals surface area contributed by atoms with E-state index in [-0.39, 0.29) is 23.8 Å². The topological polar surface area (TPSA) is 82.1 Å². The Kier molecular flexibility index (Phi) is 5.13. The zero-order valence-electron chi connectivity index (χ0n) is 12.6. The number of phenolic OH excluding ortho intramolecular Hbond substituents is 1. The molecule has 0 bridgehead atoms. The first kappa shape index (κ1) is 17.4. The number of aromatic hydroxyl groups is 1. The highest BCUT2D eigenvalue weighted by Crippen LogP contribution is 2.34. The van der Waals surface area contributed by atoms with Crippen LogP contribution in [0.15, 0.2) is 48.5 Å². The van der Waals surface area contributed by atoms with Crippen molar-refractivity contribution in [1.29, 1.82) is 5.41 Å². The van der Waals surface area contributed by atoms with Crippen LogP contribution < -0.4 is 11.1 Å². The van der Waals surface area contributed by atoms with E-state index in [0.717, 1.165) is 6.07 Å². The number of amidine groups is 1. The molecule has 0 atom stereocenters. The number of alkyl halides is 3. The monoisotopic (exact) mass is 335 g/mol. The summed E-state index contributed by atoms with van der Waals surface area (Å²) >= 11 is 0. The summed E-state index contributed by atoms with van der Waals surface area (Å²) in [6.45, 7) is 0.136. The SMILES string of the molecule is N=C(N)c1ccc(O)c(C=CCNc2ccccc2C(F)(F)F)c1. The Morgan fingerprint density at radius 1 is 1.21 bits per heavy atom. The maximum Gasteiger partial charge on any atom is 0.418 e. The van der Waals surface area contributed by atoms with Gasteiger partial charge in [-0.2, -0.15) is 13.2 Å². The van der Waals surface area contributed by atoms with Gasteiger partial charge in [-0.3, -0.25) is 5.41 Å². The van der Waals surface area contributed by atoms with Crippen LogP contribution in [-0.4, -0.2) is 17.5 Å². The summed E-state index contributed by atoms with van der Waals surface area (Å²) in [5.41, 5.74) is 5.50. The van der Waals surface area contributed by atoms with E-state index in [2.05, 4.69) is 5.32 Å². The standard InChI is InChI=1S/C17H16F3N3O/c18-17(19,20)13-5-1-2-6-14(13)23-9-3-4-11-10-12(16(21)22)7-8-15(11)24/h1-8,10,23-24H,9H2,(H3,21,22). The van der Waals surface area contributed by atoms with E-state index in [9.17, 15) is 18.3 Å². The molecule has 0 spiro atoms. The molecule has 4 nitrogen and oxygen atoms in total. The van der Waals surface area contributed by atoms with Crippen molar-refractivity contribution in [2.45, 2.75) is 6.18 Å². The number of nitrogens with two attached hydrogens (primary N) is 1. The Balaban J connectivity index is 2.09. The lowest BCUT2D eigenvalue weighted by atomic mass is 10.1. The predicted octanol–water partition coefficient (Wildman–Crippen LogP) is 3.82. The molecule has 0 fully saturated rings. The van der Waals surface area contributed by atoms with Crippen LogP contribution in [0, 0.1) is 5.41 Å². The zero-order chi connectivity index (χ0) is 17.7. The summed E-state index contributed by atoms with van der Waals surface area (Å²) in [5, 5.41) is 19.8. The molecule has 0 unspecified atom stereocenters. The van der Waals surface area contributed by atoms with Gasteiger partial charge in [0, 0.05) is 23.4 Å². The second kappa shape index (κ2) is 7.08. The molecule has 0 aliphatic carbocycles. The van der Waals surface area contributed by atoms with Gasteiger partial charge in [0.2, 0.25) is 0 Å². The maximum atomic E-state index is 12.9. The van der Waals surface area contributed by atoms with Gasteiger partial charge < -0.3 is 16.2 Å². The van der Waals surface area contributed by atoms with Gasteiger partial charge in [0.05, 0.1) is 5.56 Å². The Morgan fingerprint density at radius 3 is 2.58 bits per heavy atom. The van der Waals surface area contributed by atoms with Gasteiger partial charge in [-0.15, -0.1) is 0 Å². The second-order valence-corrected chi connectivity index (χ2v) is 5.01. The summed E-state index contributed by atoms with van der Waals surface area (Å²) in [6.07, 6.45) is -1.31. The second-order valence-electron chi connectivity index (χ2n) is 5.01. The van der Waals surface area contributed by atoms with E-state index < -0.39 is 11.7 Å². The Bertz CT molecular complexity index is 770. The van der Waals surface area contributed by atoms with Crippen molar-refractivity contribution in [3.63, 3.8) is 0 Å². The van der Waals surface area contributed by atoms with Crippen molar-refractivity contribution >= 4 is 17.6 Å². The molecule has 0 radical (unpaired) electrons. The third kappa shape index (κ3) is 4.28. The van der Waals surface area contributed by atoms with Crippen molar-refractivity contribution in [2.75, 3.05) is 11.9 Å². The van der Waals surface area contributed by atoms with Crippen LogP contribution in [0.4, 0.5) is 18.9 Å². The van der Waals surface area contributed by atoms with Crippen molar-refractivity contribution in [3.05, 3.63) is 65.2 Å². The van der Waals surface area contributed by atoms with Gasteiger partial charge in [0.25, 0.3) is 0 Å². The van der Waals surface area contributed by atoms with Gasteiger partial charge in [-0.05, 0) is 30.3 Å². The molecule has 24 heavy (non-hydrogen) atoms. The molecule has 126 valence electrons. The molecule has 2 rings (SSSR count). The summed E-state index contributed by atoms with van der Waals surface area (Å²) in [4.78, 5) is 0. The van der Waals surface area contributed by atoms with Crippen molar-refractivity contribution in [2.24, 2.45) is 5.73 Å². The first-order valence-electron chi connectivity index (χ1n) is 7.03. The molecule has 0 heterocycles. The fourth-order valence-corrected chi connectivity index (χ4v) is 2.09. The van der Waals surface area contributed by atoms with Crippen LogP contribution in [0.25, 0.3) is 6.08 Å². The number of phenols is 1. The first-order chi connectivity index (χ1) is 11.3. The Hall–Kier alpha value is -2.96. The molecule has 2 aromatic rings. The van der Waals surface area contributed by atoms with E-state index in [0.29, 0.717) is 11.1 Å². The summed E-state index contributed by atoms with van der Waals surface area (Å²) in [7, 11) is 0. The van der Waals surface area contributed by atoms with E-state index in [1.807, 2.05) is 0 Å². The van der Waals surface area contributed by atoms with Gasteiger partial charge >= 0.3 is 6.18 Å². The van der Waals surface area contributed by atoms with Gasteiger partial charge in [-0.25, -0.2) is 0 Å². The summed E-state index contributed by atoms with van der Waals surface area (Å²) in [6, 6.07) is 9.64. The average molecular weight is 335 g/mol. The molecule has 0 saturated heterocycles. The van der Waals surface area contributed by atoms with Gasteiger partial charge in [0.1, 0.15) is 11.6 Å². The smallest absolute Gasteiger partial charge is 0.418 e. The Labute approximate surface area is 136 Å². The van der Waals surface area contributed by atoms with E-state index >= 15 is 0 Å². The van der Waals surface area contributed by atoms with Crippen LogP contribution in [0.1, 0.15) is 16.7 Å². The van der Waals surface area contributed by atoms with E-state index in [4.69, 9.17) is 11.1 Å². The maximum absolute atomic E-state index is 12.9. The molecule has 5 N–H and O–H groups in total. The number of nitrogens with one attached hydrogen (secondary N) is 2. The molecule has 0 amide bonds. The fraction of sp³-hybridized carbons (Fsp3) is 0.118. The number of anilines is 1. The number of para-hydroxylation sites is 1. The highest BCUT2D eigenvalue weighted by atomic mass is 19.4. The molecular weight excluding hydrogens is 319 g/mol. The van der Waals surface area contributed by atoms with Crippen LogP contribution >= 0.6 is 0 Å². The van der Waals surface area contributed by atoms with Crippen LogP contribution in [-0.2, 0) is 6.18 Å². The molecule has 0 aromatic heterocycles. The zero-order valence-corrected chi connectivity index (χ0v) is 12.6. The van der Waals surface area contributed by atoms with E-state index in [1.54, 1.807) is 12.2 Å². The van der Waals surface area contributed by atoms with Crippen LogP contribution in [0.5, 0.6) is 5.75 Å². The van der Waals surface area contributed by atoms with Gasteiger partial charge in [-0.1, -0.05) is 24.3 Å². The number of nitrogen functional groups attached to an aromatic ring is 1. The quantitative estimate of drug-likeness (QED) is 0.495. The number of halogens is 3. The largest absolute Gasteiger partial charge is 0.507 e. The third-order valence-electron chi connectivity index (χ3n) is 3.28. The fourth-order valence-electron chi connectivity index (χ4n) is 2.09. The minimum Gasteiger partial charge on any atom is -0.507 e. The molecule has 0 aliphatic heterocycles. The minimum atomic E-state index is -4.43. The van der Waals surface area contributed by atoms with E-state index in [1.165, 1.54) is 36.4 Å². The van der Waals surface area contributed by atoms with Gasteiger partial charge in [0.15, 0.2) is 0 Å². The van der Waals surface area contributed by atoms with Crippen molar-refractivity contribution < 1.29 is 18.3 Å². The molecule has 2 aromatic carbocycles. The number of rotatable bonds is 5. The molecule has 0 aliphatic rings. The molecular formula is C17H16F3N3O. The predicted molar refractivity (Wildman–Crippen MR) is 88.1 cm³/mol. The van der Waals surface area contributed by atoms with Crippen molar-refractivity contribution in [1.82, 2.24) is 0 Å². The van der Waals surface area contributed by atoms with Crippen molar-refractivity contribution in [3.8, 4) is 5.75 Å². The number of benzene rings is 2. The summed E-state index contributed by atoms with van der Waals surface area (Å²) in [5.74, 6) is -0.145. The normalized spacial score (nSPS) is 11.6. The number of hydrogen-bond donors (Lipinski definition) is 4. The first-order valence-corrected chi connectivity index (χ1v) is 7.03. The lowest BCUT2D eigenvalue weighted by Crippen LogP contribution is -2.11. The lowest BCUT2D eigenvalue weighted by molar-refractivity contribution is -0.136.